The van der Waals surface area contributed by atoms with Gasteiger partial charge in [-0.15, -0.1) is 0 Å². The molecule has 0 saturated carbocycles. The molecule has 1 aromatic carbocycles. The first-order valence-corrected chi connectivity index (χ1v) is 5.04. The van der Waals surface area contributed by atoms with Crippen LogP contribution in [0.5, 0.6) is 5.75 Å². The fraction of sp³-hybridized carbons (Fsp3) is 0.500. The maximum absolute atomic E-state index is 9.11. The number of methoxy groups -OCH3 is 1. The molecule has 1 N–H and O–H groups in total. The van der Waals surface area contributed by atoms with Gasteiger partial charge in [0.1, 0.15) is 5.75 Å². The number of benzene rings is 1. The second-order valence-electron chi connectivity index (χ2n) is 3.47. The van der Waals surface area contributed by atoms with Gasteiger partial charge < -0.3 is 9.84 Å². The van der Waals surface area contributed by atoms with Crippen LogP contribution in [0.25, 0.3) is 0 Å². The van der Waals surface area contributed by atoms with Crippen LogP contribution in [0.3, 0.4) is 0 Å². The van der Waals surface area contributed by atoms with Crippen LogP contribution in [0.15, 0.2) is 24.3 Å². The molecule has 0 radical (unpaired) electrons. The zero-order valence-electron chi connectivity index (χ0n) is 8.86. The van der Waals surface area contributed by atoms with Crippen molar-refractivity contribution in [1.29, 1.82) is 0 Å². The van der Waals surface area contributed by atoms with E-state index in [2.05, 4.69) is 13.0 Å². The first kappa shape index (κ1) is 11.1. The third kappa shape index (κ3) is 2.74. The largest absolute Gasteiger partial charge is 0.496 e. The van der Waals surface area contributed by atoms with Gasteiger partial charge in [0.25, 0.3) is 0 Å². The normalized spacial score (nSPS) is 12.5. The van der Waals surface area contributed by atoms with Crippen molar-refractivity contribution in [2.75, 3.05) is 13.7 Å². The molecule has 2 heteroatoms. The van der Waals surface area contributed by atoms with Gasteiger partial charge in [0.15, 0.2) is 0 Å². The Morgan fingerprint density at radius 3 is 2.64 bits per heavy atom. The zero-order valence-corrected chi connectivity index (χ0v) is 8.86. The zero-order chi connectivity index (χ0) is 10.4. The molecule has 0 fully saturated rings. The molecule has 0 aliphatic heterocycles. The van der Waals surface area contributed by atoms with Gasteiger partial charge in [0, 0.05) is 6.61 Å². The van der Waals surface area contributed by atoms with Gasteiger partial charge in [0.2, 0.25) is 0 Å². The Morgan fingerprint density at radius 1 is 1.36 bits per heavy atom. The fourth-order valence-corrected chi connectivity index (χ4v) is 1.52. The molecular weight excluding hydrogens is 176 g/mol. The Kier molecular flexibility index (Phi) is 4.47. The summed E-state index contributed by atoms with van der Waals surface area (Å²) in [5, 5.41) is 9.11. The summed E-state index contributed by atoms with van der Waals surface area (Å²) in [5.74, 6) is 1.26. The molecule has 14 heavy (non-hydrogen) atoms. The van der Waals surface area contributed by atoms with E-state index < -0.39 is 0 Å². The fourth-order valence-electron chi connectivity index (χ4n) is 1.52. The van der Waals surface area contributed by atoms with E-state index in [1.807, 2.05) is 18.2 Å². The molecular formula is C12H18O2. The first-order valence-electron chi connectivity index (χ1n) is 5.04. The highest BCUT2D eigenvalue weighted by atomic mass is 16.5. The van der Waals surface area contributed by atoms with Crippen LogP contribution in [0.1, 0.15) is 18.9 Å². The molecule has 0 aliphatic carbocycles. The summed E-state index contributed by atoms with van der Waals surface area (Å²) in [5.41, 5.74) is 1.18. The van der Waals surface area contributed by atoms with Crippen LogP contribution in [-0.2, 0) is 6.42 Å². The molecule has 0 aliphatic rings. The predicted octanol–water partition coefficient (Wildman–Crippen LogP) is 2.26. The standard InChI is InChI=1S/C12H18O2/c1-3-10(9-13)8-11-6-4-5-7-12(11)14-2/h4-7,10,13H,3,8-9H2,1-2H3. The molecule has 0 saturated heterocycles. The van der Waals surface area contributed by atoms with Crippen molar-refractivity contribution in [2.45, 2.75) is 19.8 Å². The number of hydrogen-bond donors (Lipinski definition) is 1. The van der Waals surface area contributed by atoms with Crippen LogP contribution in [-0.4, -0.2) is 18.8 Å². The van der Waals surface area contributed by atoms with Gasteiger partial charge in [-0.2, -0.15) is 0 Å². The predicted molar refractivity (Wildman–Crippen MR) is 57.6 cm³/mol. The minimum Gasteiger partial charge on any atom is -0.496 e. The summed E-state index contributed by atoms with van der Waals surface area (Å²) < 4.78 is 5.25. The molecule has 0 amide bonds. The Bertz CT molecular complexity index is 267. The number of para-hydroxylation sites is 1. The minimum absolute atomic E-state index is 0.245. The quantitative estimate of drug-likeness (QED) is 0.779. The summed E-state index contributed by atoms with van der Waals surface area (Å²) >= 11 is 0. The molecule has 1 atom stereocenters. The molecule has 0 heterocycles. The van der Waals surface area contributed by atoms with Gasteiger partial charge in [-0.05, 0) is 24.0 Å². The molecule has 2 nitrogen and oxygen atoms in total. The molecule has 0 aromatic heterocycles. The van der Waals surface area contributed by atoms with Crippen molar-refractivity contribution in [1.82, 2.24) is 0 Å². The van der Waals surface area contributed by atoms with Gasteiger partial charge in [-0.25, -0.2) is 0 Å². The topological polar surface area (TPSA) is 29.5 Å². The third-order valence-corrected chi connectivity index (χ3v) is 2.54. The van der Waals surface area contributed by atoms with E-state index in [4.69, 9.17) is 9.84 Å². The number of hydrogen-bond acceptors (Lipinski definition) is 2. The molecule has 1 aromatic rings. The van der Waals surface area contributed by atoms with Crippen molar-refractivity contribution in [3.05, 3.63) is 29.8 Å². The van der Waals surface area contributed by atoms with Crippen LogP contribution < -0.4 is 4.74 Å². The summed E-state index contributed by atoms with van der Waals surface area (Å²) in [6.07, 6.45) is 1.88. The average Bonchev–Trinajstić information content (AvgIpc) is 2.26. The maximum atomic E-state index is 9.11. The minimum atomic E-state index is 0.245. The first-order chi connectivity index (χ1) is 6.81. The van der Waals surface area contributed by atoms with Gasteiger partial charge in [0.05, 0.1) is 7.11 Å². The van der Waals surface area contributed by atoms with Crippen molar-refractivity contribution in [2.24, 2.45) is 5.92 Å². The Balaban J connectivity index is 2.74. The summed E-state index contributed by atoms with van der Waals surface area (Å²) in [6.45, 7) is 2.34. The number of aliphatic hydroxyl groups excluding tert-OH is 1. The van der Waals surface area contributed by atoms with Crippen LogP contribution >= 0.6 is 0 Å². The summed E-state index contributed by atoms with van der Waals surface area (Å²) in [4.78, 5) is 0. The smallest absolute Gasteiger partial charge is 0.122 e. The van der Waals surface area contributed by atoms with Crippen LogP contribution in [0.4, 0.5) is 0 Å². The maximum Gasteiger partial charge on any atom is 0.122 e. The van der Waals surface area contributed by atoms with Crippen LogP contribution in [0, 0.1) is 5.92 Å². The monoisotopic (exact) mass is 194 g/mol. The highest BCUT2D eigenvalue weighted by molar-refractivity contribution is 5.33. The Labute approximate surface area is 85.5 Å². The van der Waals surface area contributed by atoms with Crippen molar-refractivity contribution >= 4 is 0 Å². The lowest BCUT2D eigenvalue weighted by atomic mass is 9.97. The average molecular weight is 194 g/mol. The van der Waals surface area contributed by atoms with Gasteiger partial charge in [-0.1, -0.05) is 31.5 Å². The van der Waals surface area contributed by atoms with E-state index in [1.54, 1.807) is 7.11 Å². The van der Waals surface area contributed by atoms with Crippen molar-refractivity contribution < 1.29 is 9.84 Å². The number of aliphatic hydroxyl groups is 1. The molecule has 1 rings (SSSR count). The van der Waals surface area contributed by atoms with E-state index in [9.17, 15) is 0 Å². The van der Waals surface area contributed by atoms with Gasteiger partial charge in [-0.3, -0.25) is 0 Å². The lowest BCUT2D eigenvalue weighted by molar-refractivity contribution is 0.221. The number of rotatable bonds is 5. The van der Waals surface area contributed by atoms with E-state index >= 15 is 0 Å². The lowest BCUT2D eigenvalue weighted by Gasteiger charge is -2.13. The SMILES string of the molecule is CCC(CO)Cc1ccccc1OC. The highest BCUT2D eigenvalue weighted by Crippen LogP contribution is 2.21. The second kappa shape index (κ2) is 5.66. The highest BCUT2D eigenvalue weighted by Gasteiger charge is 2.09. The number of ether oxygens (including phenoxy) is 1. The van der Waals surface area contributed by atoms with E-state index in [0.717, 1.165) is 18.6 Å². The van der Waals surface area contributed by atoms with E-state index in [1.165, 1.54) is 5.56 Å². The van der Waals surface area contributed by atoms with E-state index in [-0.39, 0.29) is 6.61 Å². The summed E-state index contributed by atoms with van der Waals surface area (Å²) in [6, 6.07) is 7.97. The third-order valence-electron chi connectivity index (χ3n) is 2.54. The summed E-state index contributed by atoms with van der Waals surface area (Å²) in [7, 11) is 1.68. The molecule has 78 valence electrons. The van der Waals surface area contributed by atoms with Crippen molar-refractivity contribution in [3.8, 4) is 5.75 Å². The van der Waals surface area contributed by atoms with Gasteiger partial charge >= 0.3 is 0 Å². The van der Waals surface area contributed by atoms with Crippen LogP contribution in [0.2, 0.25) is 0 Å². The Morgan fingerprint density at radius 2 is 2.07 bits per heavy atom. The second-order valence-corrected chi connectivity index (χ2v) is 3.47. The van der Waals surface area contributed by atoms with E-state index in [0.29, 0.717) is 5.92 Å². The van der Waals surface area contributed by atoms with Crippen molar-refractivity contribution in [3.63, 3.8) is 0 Å². The lowest BCUT2D eigenvalue weighted by Crippen LogP contribution is -2.08. The Hall–Kier alpha value is -1.02. The molecule has 0 bridgehead atoms. The molecule has 1 unspecified atom stereocenters. The molecule has 0 spiro atoms.